The number of likely N-dealkylation sites (tertiary alicyclic amines) is 1. The summed E-state index contributed by atoms with van der Waals surface area (Å²) in [6, 6.07) is 14.4. The predicted molar refractivity (Wildman–Crippen MR) is 95.8 cm³/mol. The zero-order valence-electron chi connectivity index (χ0n) is 14.1. The van der Waals surface area contributed by atoms with E-state index in [1.165, 1.54) is 17.2 Å². The molecular weight excluding hydrogens is 298 g/mol. The van der Waals surface area contributed by atoms with E-state index < -0.39 is 5.60 Å². The zero-order chi connectivity index (χ0) is 16.6. The van der Waals surface area contributed by atoms with Gasteiger partial charge in [-0.2, -0.15) is 0 Å². The highest BCUT2D eigenvalue weighted by Gasteiger charge is 2.43. The quantitative estimate of drug-likeness (QED) is 0.918. The summed E-state index contributed by atoms with van der Waals surface area (Å²) in [4.78, 5) is 14.8. The van der Waals surface area contributed by atoms with Crippen LogP contribution < -0.4 is 0 Å². The number of hydrogen-bond acceptors (Lipinski definition) is 2. The summed E-state index contributed by atoms with van der Waals surface area (Å²) < 4.78 is 0. The Morgan fingerprint density at radius 1 is 1.12 bits per heavy atom. The molecule has 1 N–H and O–H groups in total. The van der Waals surface area contributed by atoms with Crippen LogP contribution >= 0.6 is 0 Å². The van der Waals surface area contributed by atoms with Crippen molar-refractivity contribution in [1.29, 1.82) is 0 Å². The molecule has 126 valence electrons. The Hall–Kier alpha value is -1.87. The summed E-state index contributed by atoms with van der Waals surface area (Å²) in [6.07, 6.45) is 5.44. The standard InChI is InChI=1S/C21H25NO2/c23-20(14-17-8-5-7-16-6-1-2-10-19(16)17)22-13-12-21(24)11-4-3-9-18(21)15-22/h1-2,5-8,10,18,24H,3-4,9,11-15H2/t18-,21-/m0/s1. The molecule has 2 aromatic carbocycles. The van der Waals surface area contributed by atoms with Crippen molar-refractivity contribution < 1.29 is 9.90 Å². The Morgan fingerprint density at radius 3 is 2.88 bits per heavy atom. The summed E-state index contributed by atoms with van der Waals surface area (Å²) in [5.74, 6) is 0.454. The number of nitrogens with zero attached hydrogens (tertiary/aromatic N) is 1. The van der Waals surface area contributed by atoms with Crippen molar-refractivity contribution in [3.05, 3.63) is 48.0 Å². The Morgan fingerprint density at radius 2 is 1.96 bits per heavy atom. The lowest BCUT2D eigenvalue weighted by atomic mass is 9.71. The molecule has 0 radical (unpaired) electrons. The first-order chi connectivity index (χ1) is 11.7. The van der Waals surface area contributed by atoms with Crippen LogP contribution in [0, 0.1) is 5.92 Å². The highest BCUT2D eigenvalue weighted by molar-refractivity contribution is 5.90. The molecule has 1 saturated heterocycles. The molecule has 3 nitrogen and oxygen atoms in total. The van der Waals surface area contributed by atoms with Gasteiger partial charge in [0.15, 0.2) is 0 Å². The molecule has 2 aliphatic rings. The number of benzene rings is 2. The number of fused-ring (bicyclic) bond motifs is 2. The fraction of sp³-hybridized carbons (Fsp3) is 0.476. The van der Waals surface area contributed by atoms with Crippen LogP contribution in [-0.4, -0.2) is 34.6 Å². The molecule has 2 fully saturated rings. The van der Waals surface area contributed by atoms with E-state index in [9.17, 15) is 9.90 Å². The molecule has 24 heavy (non-hydrogen) atoms. The van der Waals surface area contributed by atoms with Gasteiger partial charge in [-0.3, -0.25) is 4.79 Å². The van der Waals surface area contributed by atoms with Gasteiger partial charge in [-0.25, -0.2) is 0 Å². The van der Waals surface area contributed by atoms with Crippen LogP contribution in [0.5, 0.6) is 0 Å². The second-order valence-corrected chi connectivity index (χ2v) is 7.45. The third-order valence-corrected chi connectivity index (χ3v) is 6.00. The van der Waals surface area contributed by atoms with Crippen LogP contribution in [0.2, 0.25) is 0 Å². The fourth-order valence-electron chi connectivity index (χ4n) is 4.52. The second-order valence-electron chi connectivity index (χ2n) is 7.45. The minimum Gasteiger partial charge on any atom is -0.389 e. The summed E-state index contributed by atoms with van der Waals surface area (Å²) >= 11 is 0. The first kappa shape index (κ1) is 15.6. The number of carbonyl (C=O) groups excluding carboxylic acids is 1. The van der Waals surface area contributed by atoms with E-state index >= 15 is 0 Å². The average molecular weight is 323 g/mol. The van der Waals surface area contributed by atoms with Gasteiger partial charge in [-0.1, -0.05) is 55.3 Å². The van der Waals surface area contributed by atoms with Gasteiger partial charge < -0.3 is 10.0 Å². The largest absolute Gasteiger partial charge is 0.389 e. The molecule has 0 bridgehead atoms. The molecule has 1 amide bonds. The van der Waals surface area contributed by atoms with Crippen LogP contribution in [0.3, 0.4) is 0 Å². The number of piperidine rings is 1. The van der Waals surface area contributed by atoms with Crippen molar-refractivity contribution in [1.82, 2.24) is 4.90 Å². The first-order valence-corrected chi connectivity index (χ1v) is 9.12. The number of rotatable bonds is 2. The molecule has 0 unspecified atom stereocenters. The lowest BCUT2D eigenvalue weighted by molar-refractivity contribution is -0.142. The van der Waals surface area contributed by atoms with Crippen molar-refractivity contribution in [2.45, 2.75) is 44.1 Å². The van der Waals surface area contributed by atoms with Gasteiger partial charge in [0.2, 0.25) is 5.91 Å². The topological polar surface area (TPSA) is 40.5 Å². The number of amides is 1. The van der Waals surface area contributed by atoms with Gasteiger partial charge in [0.1, 0.15) is 0 Å². The third-order valence-electron chi connectivity index (χ3n) is 6.00. The highest BCUT2D eigenvalue weighted by atomic mass is 16.3. The van der Waals surface area contributed by atoms with E-state index in [4.69, 9.17) is 0 Å². The van der Waals surface area contributed by atoms with Crippen molar-refractivity contribution in [3.8, 4) is 0 Å². The normalized spacial score (nSPS) is 27.0. The molecule has 2 aromatic rings. The Bertz CT molecular complexity index is 751. The smallest absolute Gasteiger partial charge is 0.227 e. The number of hydrogen-bond donors (Lipinski definition) is 1. The summed E-state index contributed by atoms with van der Waals surface area (Å²) in [6.45, 7) is 1.41. The second kappa shape index (κ2) is 6.21. The van der Waals surface area contributed by atoms with Gasteiger partial charge in [0.05, 0.1) is 12.0 Å². The van der Waals surface area contributed by atoms with Crippen molar-refractivity contribution in [2.24, 2.45) is 5.92 Å². The lowest BCUT2D eigenvalue weighted by Gasteiger charge is -2.47. The lowest BCUT2D eigenvalue weighted by Crippen LogP contribution is -2.54. The number of carbonyl (C=O) groups is 1. The zero-order valence-corrected chi connectivity index (χ0v) is 14.1. The molecule has 4 rings (SSSR count). The van der Waals surface area contributed by atoms with E-state index in [0.717, 1.165) is 37.8 Å². The van der Waals surface area contributed by atoms with Crippen molar-refractivity contribution >= 4 is 16.7 Å². The third kappa shape index (κ3) is 2.82. The molecule has 1 saturated carbocycles. The fourth-order valence-corrected chi connectivity index (χ4v) is 4.52. The maximum Gasteiger partial charge on any atom is 0.227 e. The first-order valence-electron chi connectivity index (χ1n) is 9.12. The van der Waals surface area contributed by atoms with Gasteiger partial charge in [0, 0.05) is 19.0 Å². The van der Waals surface area contributed by atoms with E-state index in [2.05, 4.69) is 24.3 Å². The SMILES string of the molecule is O=C(Cc1cccc2ccccc12)N1CC[C@@]2(O)CCCC[C@H]2C1. The maximum atomic E-state index is 12.8. The molecule has 2 atom stereocenters. The van der Waals surface area contributed by atoms with Crippen LogP contribution in [-0.2, 0) is 11.2 Å². The van der Waals surface area contributed by atoms with Crippen LogP contribution in [0.25, 0.3) is 10.8 Å². The minimum absolute atomic E-state index is 0.193. The minimum atomic E-state index is -0.519. The van der Waals surface area contributed by atoms with E-state index in [0.29, 0.717) is 13.0 Å². The molecule has 0 spiro atoms. The molecular formula is C21H25NO2. The average Bonchev–Trinajstić information content (AvgIpc) is 2.61. The summed E-state index contributed by atoms with van der Waals surface area (Å²) in [5, 5.41) is 13.1. The molecule has 1 heterocycles. The van der Waals surface area contributed by atoms with Gasteiger partial charge in [0.25, 0.3) is 0 Å². The Labute approximate surface area is 143 Å². The Balaban J connectivity index is 1.50. The van der Waals surface area contributed by atoms with Crippen molar-refractivity contribution in [2.75, 3.05) is 13.1 Å². The molecule has 3 heteroatoms. The molecule has 1 aliphatic carbocycles. The van der Waals surface area contributed by atoms with Crippen LogP contribution in [0.4, 0.5) is 0 Å². The number of aliphatic hydroxyl groups is 1. The highest BCUT2D eigenvalue weighted by Crippen LogP contribution is 2.39. The molecule has 1 aliphatic heterocycles. The van der Waals surface area contributed by atoms with E-state index in [1.54, 1.807) is 0 Å². The van der Waals surface area contributed by atoms with Crippen LogP contribution in [0.15, 0.2) is 42.5 Å². The predicted octanol–water partition coefficient (Wildman–Crippen LogP) is 3.54. The summed E-state index contributed by atoms with van der Waals surface area (Å²) in [5.41, 5.74) is 0.580. The summed E-state index contributed by atoms with van der Waals surface area (Å²) in [7, 11) is 0. The van der Waals surface area contributed by atoms with E-state index in [1.807, 2.05) is 23.1 Å². The van der Waals surface area contributed by atoms with E-state index in [-0.39, 0.29) is 11.8 Å². The monoisotopic (exact) mass is 323 g/mol. The maximum absolute atomic E-state index is 12.8. The van der Waals surface area contributed by atoms with Crippen molar-refractivity contribution in [3.63, 3.8) is 0 Å². The van der Waals surface area contributed by atoms with Crippen LogP contribution in [0.1, 0.15) is 37.7 Å². The van der Waals surface area contributed by atoms with Gasteiger partial charge in [-0.05, 0) is 35.6 Å². The van der Waals surface area contributed by atoms with Gasteiger partial charge in [-0.15, -0.1) is 0 Å². The molecule has 0 aromatic heterocycles. The Kier molecular flexibility index (Phi) is 4.05. The van der Waals surface area contributed by atoms with Gasteiger partial charge >= 0.3 is 0 Å².